The maximum atomic E-state index is 12.8. The Morgan fingerprint density at radius 3 is 2.33 bits per heavy atom. The molecule has 5 N–H and O–H groups in total. The van der Waals surface area contributed by atoms with Gasteiger partial charge in [-0.1, -0.05) is 12.1 Å². The molecule has 36 heavy (non-hydrogen) atoms. The Morgan fingerprint density at radius 1 is 0.889 bits per heavy atom. The van der Waals surface area contributed by atoms with E-state index in [1.165, 1.54) is 18.2 Å². The van der Waals surface area contributed by atoms with Crippen LogP contribution in [-0.4, -0.2) is 23.4 Å². The van der Waals surface area contributed by atoms with E-state index < -0.39 is 22.2 Å². The summed E-state index contributed by atoms with van der Waals surface area (Å²) in [5.74, 6) is 0.557. The number of nitrogens with zero attached hydrogens (tertiary/aromatic N) is 3. The molecule has 0 fully saturated rings. The number of hydrogen-bond donors (Lipinski definition) is 3. The van der Waals surface area contributed by atoms with E-state index in [-0.39, 0.29) is 17.4 Å². The Kier molecular flexibility index (Phi) is 6.63. The van der Waals surface area contributed by atoms with Gasteiger partial charge in [-0.25, -0.2) is 4.98 Å². The highest BCUT2D eigenvalue weighted by molar-refractivity contribution is 7.84. The lowest BCUT2D eigenvalue weighted by Gasteiger charge is -2.11. The third-order valence-corrected chi connectivity index (χ3v) is 4.89. The van der Waals surface area contributed by atoms with E-state index in [0.29, 0.717) is 28.5 Å². The van der Waals surface area contributed by atoms with Crippen LogP contribution < -0.4 is 25.1 Å². The molecule has 10 nitrogen and oxygen atoms in total. The third kappa shape index (κ3) is 6.58. The number of nitrogen functional groups attached to an aromatic ring is 1. The number of ether oxygens (including phenoxy) is 1. The van der Waals surface area contributed by atoms with Gasteiger partial charge in [0.1, 0.15) is 28.8 Å². The average Bonchev–Trinajstić information content (AvgIpc) is 2.79. The van der Waals surface area contributed by atoms with Gasteiger partial charge in [-0.15, -0.1) is 0 Å². The van der Waals surface area contributed by atoms with Crippen molar-refractivity contribution in [3.8, 4) is 28.5 Å². The zero-order valence-electron chi connectivity index (χ0n) is 18.1. The fraction of sp³-hybridized carbons (Fsp3) is 0.0455. The first-order chi connectivity index (χ1) is 16.9. The molecule has 0 radical (unpaired) electrons. The highest BCUT2D eigenvalue weighted by Gasteiger charge is 2.32. The summed E-state index contributed by atoms with van der Waals surface area (Å²) >= 11 is 0. The van der Waals surface area contributed by atoms with Gasteiger partial charge in [0.2, 0.25) is 5.95 Å². The summed E-state index contributed by atoms with van der Waals surface area (Å²) in [5.41, 5.74) is 6.21. The van der Waals surface area contributed by atoms with Crippen LogP contribution in [0, 0.1) is 0 Å². The lowest BCUT2D eigenvalue weighted by atomic mass is 10.1. The first-order valence-electron chi connectivity index (χ1n) is 10.00. The average molecular weight is 518 g/mol. The topological polar surface area (TPSA) is 155 Å². The number of alkyl halides is 3. The van der Waals surface area contributed by atoms with Gasteiger partial charge in [-0.05, 0) is 42.5 Å². The van der Waals surface area contributed by atoms with Gasteiger partial charge in [0, 0.05) is 29.6 Å². The van der Waals surface area contributed by atoms with E-state index in [1.807, 2.05) is 0 Å². The van der Waals surface area contributed by atoms with Crippen LogP contribution in [0.4, 0.5) is 30.6 Å². The van der Waals surface area contributed by atoms with Crippen LogP contribution >= 0.6 is 0 Å². The molecule has 0 aliphatic heterocycles. The van der Waals surface area contributed by atoms with Crippen molar-refractivity contribution in [3.63, 3.8) is 0 Å². The molecule has 2 aromatic carbocycles. The van der Waals surface area contributed by atoms with E-state index in [4.69, 9.17) is 15.6 Å². The molecule has 0 amide bonds. The van der Waals surface area contributed by atoms with Crippen molar-refractivity contribution in [2.45, 2.75) is 6.18 Å². The molecule has 0 unspecified atom stereocenters. The lowest BCUT2D eigenvalue weighted by molar-refractivity contribution is -0.141. The van der Waals surface area contributed by atoms with Crippen molar-refractivity contribution < 1.29 is 30.5 Å². The maximum Gasteiger partial charge on any atom is 0.433 e. The molecule has 0 saturated carbocycles. The Bertz CT molecular complexity index is 1500. The van der Waals surface area contributed by atoms with E-state index >= 15 is 0 Å². The van der Waals surface area contributed by atoms with E-state index in [1.54, 1.807) is 42.5 Å². The van der Waals surface area contributed by atoms with Crippen molar-refractivity contribution in [1.29, 1.82) is 0 Å². The van der Waals surface area contributed by atoms with Gasteiger partial charge in [0.05, 0.1) is 5.69 Å². The minimum Gasteiger partial charge on any atom is -0.457 e. The number of aromatic nitrogens is 3. The van der Waals surface area contributed by atoms with Crippen LogP contribution in [0.25, 0.3) is 11.3 Å². The first-order valence-corrected chi connectivity index (χ1v) is 11.5. The van der Waals surface area contributed by atoms with Gasteiger partial charge in [-0.2, -0.15) is 31.7 Å². The Balaban J connectivity index is 1.50. The third-order valence-electron chi connectivity index (χ3n) is 4.47. The summed E-state index contributed by atoms with van der Waals surface area (Å²) in [4.78, 5) is 11.6. The van der Waals surface area contributed by atoms with Crippen molar-refractivity contribution in [2.75, 3.05) is 11.1 Å². The zero-order chi connectivity index (χ0) is 25.9. The molecule has 4 rings (SSSR count). The fourth-order valence-corrected chi connectivity index (χ4v) is 3.41. The van der Waals surface area contributed by atoms with E-state index in [9.17, 15) is 21.6 Å². The number of nitrogens with two attached hydrogens (primary N) is 2. The molecular formula is C22H17F3N6O4S. The summed E-state index contributed by atoms with van der Waals surface area (Å²) in [5, 5.41) is 7.94. The zero-order valence-corrected chi connectivity index (χ0v) is 18.9. The number of hydrogen-bond acceptors (Lipinski definition) is 9. The van der Waals surface area contributed by atoms with Gasteiger partial charge in [0.15, 0.2) is 0 Å². The molecule has 186 valence electrons. The number of anilines is 3. The molecule has 0 bridgehead atoms. The Morgan fingerprint density at radius 2 is 1.64 bits per heavy atom. The molecular weight excluding hydrogens is 501 g/mol. The normalized spacial score (nSPS) is 11.7. The second-order valence-electron chi connectivity index (χ2n) is 7.23. The second-order valence-corrected chi connectivity index (χ2v) is 8.38. The SMILES string of the molecule is Nc1nc(Nc2ccc(Oc3ccnc(C(F)(F)F)c3)cc2)cc(-c2cccc(OS(N)(=O)=O)c2)n1. The summed E-state index contributed by atoms with van der Waals surface area (Å²) in [6, 6.07) is 16.1. The molecule has 0 spiro atoms. The van der Waals surface area contributed by atoms with Crippen LogP contribution in [0.2, 0.25) is 0 Å². The largest absolute Gasteiger partial charge is 0.457 e. The Hall–Kier alpha value is -4.43. The van der Waals surface area contributed by atoms with Gasteiger partial charge >= 0.3 is 16.5 Å². The van der Waals surface area contributed by atoms with Crippen molar-refractivity contribution >= 4 is 27.8 Å². The minimum atomic E-state index is -4.58. The predicted octanol–water partition coefficient (Wildman–Crippen LogP) is 4.26. The molecule has 0 atom stereocenters. The van der Waals surface area contributed by atoms with Crippen LogP contribution in [0.15, 0.2) is 72.9 Å². The Labute approximate surface area is 203 Å². The molecule has 4 aromatic rings. The van der Waals surface area contributed by atoms with Crippen molar-refractivity contribution in [1.82, 2.24) is 15.0 Å². The van der Waals surface area contributed by atoms with Gasteiger partial charge in [0.25, 0.3) is 0 Å². The number of benzene rings is 2. The smallest absolute Gasteiger partial charge is 0.433 e. The standard InChI is InChI=1S/C22H17F3N6O4S/c23-22(24,25)19-11-16(8-9-28-19)34-15-6-4-14(5-7-15)29-20-12-18(30-21(26)31-20)13-2-1-3-17(10-13)35-36(27,32)33/h1-12H,(H2,27,32,33)(H3,26,29,30,31). The maximum absolute atomic E-state index is 12.8. The van der Waals surface area contributed by atoms with Crippen LogP contribution in [0.1, 0.15) is 5.69 Å². The van der Waals surface area contributed by atoms with Crippen molar-refractivity contribution in [3.05, 3.63) is 78.6 Å². The molecule has 0 aliphatic carbocycles. The fourth-order valence-electron chi connectivity index (χ4n) is 3.04. The highest BCUT2D eigenvalue weighted by atomic mass is 32.2. The molecule has 14 heteroatoms. The van der Waals surface area contributed by atoms with Crippen LogP contribution in [0.3, 0.4) is 0 Å². The molecule has 0 aliphatic rings. The van der Waals surface area contributed by atoms with Crippen LogP contribution in [-0.2, 0) is 16.5 Å². The predicted molar refractivity (Wildman–Crippen MR) is 125 cm³/mol. The summed E-state index contributed by atoms with van der Waals surface area (Å²) in [6.45, 7) is 0. The summed E-state index contributed by atoms with van der Waals surface area (Å²) < 4.78 is 71.0. The van der Waals surface area contributed by atoms with E-state index in [2.05, 4.69) is 24.5 Å². The number of halogens is 3. The lowest BCUT2D eigenvalue weighted by Crippen LogP contribution is -2.18. The molecule has 2 heterocycles. The number of nitrogens with one attached hydrogen (secondary N) is 1. The minimum absolute atomic E-state index is 0.00571. The van der Waals surface area contributed by atoms with Gasteiger partial charge < -0.3 is 20.0 Å². The van der Waals surface area contributed by atoms with Crippen LogP contribution in [0.5, 0.6) is 17.2 Å². The first kappa shape index (κ1) is 24.7. The van der Waals surface area contributed by atoms with Crippen molar-refractivity contribution in [2.24, 2.45) is 5.14 Å². The monoisotopic (exact) mass is 518 g/mol. The summed E-state index contributed by atoms with van der Waals surface area (Å²) in [7, 11) is -4.20. The number of rotatable bonds is 7. The summed E-state index contributed by atoms with van der Waals surface area (Å²) in [6.07, 6.45) is -3.57. The van der Waals surface area contributed by atoms with E-state index in [0.717, 1.165) is 12.3 Å². The quantitative estimate of drug-likeness (QED) is 0.325. The second kappa shape index (κ2) is 9.67. The number of pyridine rings is 1. The molecule has 0 saturated heterocycles. The molecule has 2 aromatic heterocycles. The highest BCUT2D eigenvalue weighted by Crippen LogP contribution is 2.32. The van der Waals surface area contributed by atoms with Gasteiger partial charge in [-0.3, -0.25) is 4.98 Å².